The van der Waals surface area contributed by atoms with Gasteiger partial charge in [0.2, 0.25) is 15.0 Å². The fourth-order valence-corrected chi connectivity index (χ4v) is 5.81. The van der Waals surface area contributed by atoms with Crippen LogP contribution in [0.5, 0.6) is 0 Å². The molecule has 2 aromatic carbocycles. The number of imidazole rings is 1. The number of nitrogens with zero attached hydrogens (tertiary/aromatic N) is 3. The maximum atomic E-state index is 14.4. The zero-order valence-corrected chi connectivity index (χ0v) is 21.3. The van der Waals surface area contributed by atoms with E-state index in [4.69, 9.17) is 9.47 Å². The molecule has 198 valence electrons. The topological polar surface area (TPSA) is 90.7 Å². The standard InChI is InChI=1S/C26H29F2N3O5S/c1-35-14-12-30(25(32)22-9-3-5-11-24(22)28)16-20-15-29-26(31(20)17-21-8-6-13-36-21)37(33,34)18-19-7-2-4-10-23(19)27/h2-5,7,9-11,15,21H,6,8,12-14,16-18H2,1H3/t21-/m1/s1. The highest BCUT2D eigenvalue weighted by Gasteiger charge is 2.29. The first-order valence-corrected chi connectivity index (χ1v) is 13.6. The van der Waals surface area contributed by atoms with Gasteiger partial charge in [-0.05, 0) is 31.0 Å². The van der Waals surface area contributed by atoms with Gasteiger partial charge in [-0.15, -0.1) is 0 Å². The summed E-state index contributed by atoms with van der Waals surface area (Å²) in [4.78, 5) is 18.8. The number of hydrogen-bond donors (Lipinski definition) is 0. The summed E-state index contributed by atoms with van der Waals surface area (Å²) >= 11 is 0. The average Bonchev–Trinajstić information content (AvgIpc) is 3.54. The van der Waals surface area contributed by atoms with Crippen molar-refractivity contribution in [1.82, 2.24) is 14.5 Å². The summed E-state index contributed by atoms with van der Waals surface area (Å²) in [5.74, 6) is -2.40. The predicted octanol–water partition coefficient (Wildman–Crippen LogP) is 3.60. The lowest BCUT2D eigenvalue weighted by molar-refractivity contribution is 0.0664. The number of aromatic nitrogens is 2. The molecule has 3 aromatic rings. The maximum Gasteiger partial charge on any atom is 0.257 e. The number of rotatable bonds is 11. The summed E-state index contributed by atoms with van der Waals surface area (Å²) in [5, 5.41) is -0.230. The Hall–Kier alpha value is -3.15. The van der Waals surface area contributed by atoms with Crippen LogP contribution >= 0.6 is 0 Å². The van der Waals surface area contributed by atoms with Gasteiger partial charge < -0.3 is 18.9 Å². The lowest BCUT2D eigenvalue weighted by Crippen LogP contribution is -2.35. The van der Waals surface area contributed by atoms with E-state index in [1.54, 1.807) is 12.1 Å². The number of methoxy groups -OCH3 is 1. The van der Waals surface area contributed by atoms with Crippen LogP contribution in [0.1, 0.15) is 34.5 Å². The minimum Gasteiger partial charge on any atom is -0.383 e. The number of benzene rings is 2. The largest absolute Gasteiger partial charge is 0.383 e. The molecule has 0 saturated carbocycles. The van der Waals surface area contributed by atoms with Gasteiger partial charge in [0.15, 0.2) is 0 Å². The third kappa shape index (κ3) is 6.41. The second-order valence-electron chi connectivity index (χ2n) is 8.83. The van der Waals surface area contributed by atoms with E-state index in [1.165, 1.54) is 59.2 Å². The fraction of sp³-hybridized carbons (Fsp3) is 0.385. The fourth-order valence-electron chi connectivity index (χ4n) is 4.29. The van der Waals surface area contributed by atoms with Crippen LogP contribution in [-0.2, 0) is 38.2 Å². The Morgan fingerprint density at radius 3 is 2.57 bits per heavy atom. The van der Waals surface area contributed by atoms with Gasteiger partial charge in [0.05, 0.1) is 49.0 Å². The third-order valence-corrected chi connectivity index (χ3v) is 7.78. The van der Waals surface area contributed by atoms with E-state index in [1.807, 2.05) is 0 Å². The van der Waals surface area contributed by atoms with Crippen molar-refractivity contribution in [3.63, 3.8) is 0 Å². The second-order valence-corrected chi connectivity index (χ2v) is 10.7. The van der Waals surface area contributed by atoms with Crippen LogP contribution in [-0.4, -0.2) is 61.7 Å². The van der Waals surface area contributed by atoms with Crippen molar-refractivity contribution in [2.75, 3.05) is 26.9 Å². The van der Waals surface area contributed by atoms with Crippen LogP contribution < -0.4 is 0 Å². The van der Waals surface area contributed by atoms with E-state index >= 15 is 0 Å². The van der Waals surface area contributed by atoms with E-state index in [2.05, 4.69) is 4.98 Å². The Kier molecular flexibility index (Phi) is 8.67. The molecule has 0 radical (unpaired) electrons. The first-order chi connectivity index (χ1) is 17.8. The SMILES string of the molecule is COCCN(Cc1cnc(S(=O)(=O)Cc2ccccc2F)n1C[C@H]1CCCO1)C(=O)c1ccccc1F. The third-order valence-electron chi connectivity index (χ3n) is 6.20. The number of ether oxygens (including phenoxy) is 2. The molecule has 2 heterocycles. The number of hydrogen-bond acceptors (Lipinski definition) is 6. The monoisotopic (exact) mass is 533 g/mol. The van der Waals surface area contributed by atoms with Gasteiger partial charge in [-0.3, -0.25) is 4.79 Å². The zero-order chi connectivity index (χ0) is 26.4. The van der Waals surface area contributed by atoms with Crippen molar-refractivity contribution in [2.45, 2.75) is 42.9 Å². The second kappa shape index (κ2) is 11.9. The Balaban J connectivity index is 1.69. The Bertz CT molecular complexity index is 1340. The van der Waals surface area contributed by atoms with Crippen LogP contribution in [0.2, 0.25) is 0 Å². The van der Waals surface area contributed by atoms with Crippen molar-refractivity contribution in [3.8, 4) is 0 Å². The van der Waals surface area contributed by atoms with E-state index in [9.17, 15) is 22.0 Å². The highest BCUT2D eigenvalue weighted by Crippen LogP contribution is 2.24. The Labute approximate surface area is 214 Å². The smallest absolute Gasteiger partial charge is 0.257 e. The highest BCUT2D eigenvalue weighted by atomic mass is 32.2. The molecule has 11 heteroatoms. The highest BCUT2D eigenvalue weighted by molar-refractivity contribution is 7.90. The summed E-state index contributed by atoms with van der Waals surface area (Å²) < 4.78 is 67.8. The molecule has 1 atom stereocenters. The Morgan fingerprint density at radius 2 is 1.89 bits per heavy atom. The number of sulfone groups is 1. The molecule has 0 aliphatic carbocycles. The number of carbonyl (C=O) groups excluding carboxylic acids is 1. The number of halogens is 2. The van der Waals surface area contributed by atoms with Gasteiger partial charge in [-0.2, -0.15) is 0 Å². The van der Waals surface area contributed by atoms with Crippen LogP contribution in [0.4, 0.5) is 8.78 Å². The van der Waals surface area contributed by atoms with Crippen molar-refractivity contribution >= 4 is 15.7 Å². The first kappa shape index (κ1) is 26.9. The van der Waals surface area contributed by atoms with Crippen molar-refractivity contribution in [3.05, 3.63) is 83.2 Å². The number of amides is 1. The lowest BCUT2D eigenvalue weighted by atomic mass is 10.1. The van der Waals surface area contributed by atoms with E-state index in [0.717, 1.165) is 12.8 Å². The van der Waals surface area contributed by atoms with Gasteiger partial charge in [0, 0.05) is 25.8 Å². The molecule has 1 fully saturated rings. The number of carbonyl (C=O) groups is 1. The summed E-state index contributed by atoms with van der Waals surface area (Å²) in [7, 11) is -2.56. The molecule has 1 aliphatic heterocycles. The molecule has 1 aromatic heterocycles. The predicted molar refractivity (Wildman–Crippen MR) is 132 cm³/mol. The zero-order valence-electron chi connectivity index (χ0n) is 20.5. The summed E-state index contributed by atoms with van der Waals surface area (Å²) in [6.45, 7) is 1.07. The lowest BCUT2D eigenvalue weighted by Gasteiger charge is -2.24. The van der Waals surface area contributed by atoms with Gasteiger partial charge >= 0.3 is 0 Å². The first-order valence-electron chi connectivity index (χ1n) is 11.9. The molecule has 4 rings (SSSR count). The van der Waals surface area contributed by atoms with E-state index in [0.29, 0.717) is 12.3 Å². The van der Waals surface area contributed by atoms with E-state index in [-0.39, 0.29) is 48.6 Å². The van der Waals surface area contributed by atoms with Crippen LogP contribution in [0.15, 0.2) is 59.9 Å². The minimum atomic E-state index is -4.05. The maximum absolute atomic E-state index is 14.4. The molecule has 8 nitrogen and oxygen atoms in total. The Morgan fingerprint density at radius 1 is 1.16 bits per heavy atom. The molecule has 1 saturated heterocycles. The molecule has 1 amide bonds. The van der Waals surface area contributed by atoms with Crippen molar-refractivity contribution in [1.29, 1.82) is 0 Å². The minimum absolute atomic E-state index is 0.0344. The molecule has 37 heavy (non-hydrogen) atoms. The van der Waals surface area contributed by atoms with Crippen LogP contribution in [0.25, 0.3) is 0 Å². The van der Waals surface area contributed by atoms with Crippen molar-refractivity contribution < 1.29 is 31.5 Å². The quantitative estimate of drug-likeness (QED) is 0.374. The van der Waals surface area contributed by atoms with Gasteiger partial charge in [0.1, 0.15) is 11.6 Å². The normalized spacial score (nSPS) is 15.7. The molecule has 1 aliphatic rings. The van der Waals surface area contributed by atoms with Gasteiger partial charge in [-0.25, -0.2) is 22.2 Å². The molecule has 0 N–H and O–H groups in total. The van der Waals surface area contributed by atoms with Crippen molar-refractivity contribution in [2.24, 2.45) is 0 Å². The van der Waals surface area contributed by atoms with Crippen LogP contribution in [0.3, 0.4) is 0 Å². The van der Waals surface area contributed by atoms with Gasteiger partial charge in [-0.1, -0.05) is 30.3 Å². The molecule has 0 unspecified atom stereocenters. The molecular weight excluding hydrogens is 504 g/mol. The molecule has 0 bridgehead atoms. The van der Waals surface area contributed by atoms with E-state index < -0.39 is 33.1 Å². The molecular formula is C26H29F2N3O5S. The summed E-state index contributed by atoms with van der Waals surface area (Å²) in [5.41, 5.74) is 0.367. The average molecular weight is 534 g/mol. The van der Waals surface area contributed by atoms with Crippen LogP contribution in [0, 0.1) is 11.6 Å². The summed E-state index contributed by atoms with van der Waals surface area (Å²) in [6, 6.07) is 11.3. The summed E-state index contributed by atoms with van der Waals surface area (Å²) in [6.07, 6.45) is 2.74. The van der Waals surface area contributed by atoms with Gasteiger partial charge in [0.25, 0.3) is 5.91 Å². The molecule has 0 spiro atoms.